The van der Waals surface area contributed by atoms with Gasteiger partial charge in [0.05, 0.1) is 28.1 Å². The zero-order valence-corrected chi connectivity index (χ0v) is 13.8. The molecule has 1 heterocycles. The molecule has 1 fully saturated rings. The minimum Gasteiger partial charge on any atom is -0.376 e. The zero-order chi connectivity index (χ0) is 15.6. The highest BCUT2D eigenvalue weighted by molar-refractivity contribution is 7.91. The maximum absolute atomic E-state index is 12.1. The Morgan fingerprint density at radius 3 is 2.67 bits per heavy atom. The maximum atomic E-state index is 12.1. The number of amides is 1. The summed E-state index contributed by atoms with van der Waals surface area (Å²) in [5.74, 6) is 0.0283. The van der Waals surface area contributed by atoms with Gasteiger partial charge in [0.25, 0.3) is 0 Å². The Morgan fingerprint density at radius 1 is 1.38 bits per heavy atom. The fraction of sp³-hybridized carbons (Fsp3) is 0.462. The Balaban J connectivity index is 1.91. The van der Waals surface area contributed by atoms with E-state index in [0.717, 1.165) is 0 Å². The van der Waals surface area contributed by atoms with Gasteiger partial charge in [0.2, 0.25) is 5.91 Å². The fourth-order valence-electron chi connectivity index (χ4n) is 2.19. The number of benzene rings is 1. The molecule has 1 N–H and O–H groups in total. The van der Waals surface area contributed by atoms with Crippen molar-refractivity contribution in [1.29, 1.82) is 0 Å². The summed E-state index contributed by atoms with van der Waals surface area (Å²) in [6.45, 7) is 0.0744. The topological polar surface area (TPSA) is 66.5 Å². The predicted molar refractivity (Wildman–Crippen MR) is 84.8 cm³/mol. The van der Waals surface area contributed by atoms with Crippen LogP contribution in [0.1, 0.15) is 6.42 Å². The average molecular weight is 351 g/mol. The smallest absolute Gasteiger partial charge is 0.241 e. The third-order valence-corrected chi connectivity index (χ3v) is 6.00. The van der Waals surface area contributed by atoms with Crippen LogP contribution in [-0.2, 0) is 14.6 Å². The van der Waals surface area contributed by atoms with Crippen LogP contribution in [0.4, 0.5) is 5.69 Å². The second-order valence-corrected chi connectivity index (χ2v) is 8.09. The van der Waals surface area contributed by atoms with Crippen molar-refractivity contribution < 1.29 is 13.2 Å². The summed E-state index contributed by atoms with van der Waals surface area (Å²) < 4.78 is 22.9. The van der Waals surface area contributed by atoms with Gasteiger partial charge in [-0.3, -0.25) is 4.79 Å². The minimum absolute atomic E-state index is 0.0437. The van der Waals surface area contributed by atoms with E-state index in [9.17, 15) is 13.2 Å². The van der Waals surface area contributed by atoms with Crippen molar-refractivity contribution in [2.45, 2.75) is 12.5 Å². The highest BCUT2D eigenvalue weighted by atomic mass is 35.5. The molecule has 116 valence electrons. The summed E-state index contributed by atoms with van der Waals surface area (Å²) in [6.07, 6.45) is 0.497. The number of likely N-dealkylation sites (N-methyl/N-ethyl adjacent to an activating group) is 1. The van der Waals surface area contributed by atoms with E-state index in [2.05, 4.69) is 5.32 Å². The van der Waals surface area contributed by atoms with E-state index in [1.165, 1.54) is 4.90 Å². The summed E-state index contributed by atoms with van der Waals surface area (Å²) in [5.41, 5.74) is 0.685. The van der Waals surface area contributed by atoms with Crippen LogP contribution in [0.15, 0.2) is 18.2 Å². The largest absolute Gasteiger partial charge is 0.376 e. The number of anilines is 1. The van der Waals surface area contributed by atoms with Crippen LogP contribution >= 0.6 is 23.2 Å². The standard InChI is InChI=1S/C13H16Cl2N2O3S/c1-17(10-4-5-21(19,20)8-10)13(18)7-16-9-2-3-11(14)12(15)6-9/h2-3,6,10,16H,4-5,7-8H2,1H3. The van der Waals surface area contributed by atoms with Crippen molar-refractivity contribution in [3.63, 3.8) is 0 Å². The van der Waals surface area contributed by atoms with Crippen LogP contribution in [0.25, 0.3) is 0 Å². The lowest BCUT2D eigenvalue weighted by Crippen LogP contribution is -2.40. The van der Waals surface area contributed by atoms with Gasteiger partial charge in [0.1, 0.15) is 0 Å². The van der Waals surface area contributed by atoms with E-state index in [1.807, 2.05) is 0 Å². The van der Waals surface area contributed by atoms with E-state index in [0.29, 0.717) is 22.2 Å². The number of nitrogens with one attached hydrogen (secondary N) is 1. The summed E-state index contributed by atoms with van der Waals surface area (Å²) in [5, 5.41) is 3.81. The highest BCUT2D eigenvalue weighted by Gasteiger charge is 2.32. The molecule has 8 heteroatoms. The molecule has 2 rings (SSSR count). The number of rotatable bonds is 4. The van der Waals surface area contributed by atoms with Crippen LogP contribution in [0, 0.1) is 0 Å². The van der Waals surface area contributed by atoms with E-state index in [-0.39, 0.29) is 30.0 Å². The quantitative estimate of drug-likeness (QED) is 0.902. The van der Waals surface area contributed by atoms with E-state index in [1.54, 1.807) is 25.2 Å². The molecule has 1 aromatic carbocycles. The molecule has 0 aromatic heterocycles. The molecule has 0 spiro atoms. The Hall–Kier alpha value is -0.980. The molecule has 1 amide bonds. The number of hydrogen-bond donors (Lipinski definition) is 1. The monoisotopic (exact) mass is 350 g/mol. The van der Waals surface area contributed by atoms with Gasteiger partial charge in [0.15, 0.2) is 9.84 Å². The molecule has 1 aliphatic rings. The van der Waals surface area contributed by atoms with E-state index in [4.69, 9.17) is 23.2 Å². The third kappa shape index (κ3) is 4.25. The number of hydrogen-bond acceptors (Lipinski definition) is 4. The molecule has 0 aliphatic carbocycles. The Kier molecular flexibility index (Phi) is 5.01. The second-order valence-electron chi connectivity index (χ2n) is 5.04. The van der Waals surface area contributed by atoms with Gasteiger partial charge in [-0.1, -0.05) is 23.2 Å². The lowest BCUT2D eigenvalue weighted by atomic mass is 10.2. The first-order valence-electron chi connectivity index (χ1n) is 6.43. The summed E-state index contributed by atoms with van der Waals surface area (Å²) in [7, 11) is -1.37. The molecule has 5 nitrogen and oxygen atoms in total. The van der Waals surface area contributed by atoms with E-state index < -0.39 is 9.84 Å². The second kappa shape index (κ2) is 6.42. The highest BCUT2D eigenvalue weighted by Crippen LogP contribution is 2.25. The Morgan fingerprint density at radius 2 is 2.10 bits per heavy atom. The number of sulfone groups is 1. The number of carbonyl (C=O) groups is 1. The van der Waals surface area contributed by atoms with Crippen LogP contribution < -0.4 is 5.32 Å². The normalized spacial score (nSPS) is 20.2. The van der Waals surface area contributed by atoms with Gasteiger partial charge in [-0.05, 0) is 24.6 Å². The van der Waals surface area contributed by atoms with Crippen LogP contribution in [0.5, 0.6) is 0 Å². The van der Waals surface area contributed by atoms with Crippen molar-refractivity contribution in [3.8, 4) is 0 Å². The van der Waals surface area contributed by atoms with Crippen molar-refractivity contribution >= 4 is 44.6 Å². The van der Waals surface area contributed by atoms with Gasteiger partial charge in [-0.2, -0.15) is 0 Å². The van der Waals surface area contributed by atoms with Gasteiger partial charge in [0, 0.05) is 18.8 Å². The van der Waals surface area contributed by atoms with Crippen molar-refractivity contribution in [1.82, 2.24) is 4.90 Å². The van der Waals surface area contributed by atoms with Gasteiger partial charge in [-0.15, -0.1) is 0 Å². The van der Waals surface area contributed by atoms with Crippen LogP contribution in [0.2, 0.25) is 10.0 Å². The van der Waals surface area contributed by atoms with Gasteiger partial charge >= 0.3 is 0 Å². The van der Waals surface area contributed by atoms with Gasteiger partial charge in [-0.25, -0.2) is 8.42 Å². The first-order chi connectivity index (χ1) is 9.78. The number of carbonyl (C=O) groups excluding carboxylic acids is 1. The van der Waals surface area contributed by atoms with Gasteiger partial charge < -0.3 is 10.2 Å². The van der Waals surface area contributed by atoms with Crippen molar-refractivity contribution in [2.24, 2.45) is 0 Å². The first kappa shape index (κ1) is 16.4. The fourth-order valence-corrected chi connectivity index (χ4v) is 4.27. The molecular weight excluding hydrogens is 335 g/mol. The summed E-state index contributed by atoms with van der Waals surface area (Å²) in [4.78, 5) is 13.6. The van der Waals surface area contributed by atoms with Crippen molar-refractivity contribution in [3.05, 3.63) is 28.2 Å². The lowest BCUT2D eigenvalue weighted by Gasteiger charge is -2.23. The molecule has 1 aromatic rings. The first-order valence-corrected chi connectivity index (χ1v) is 9.01. The van der Waals surface area contributed by atoms with Crippen molar-refractivity contribution in [2.75, 3.05) is 30.4 Å². The molecule has 0 bridgehead atoms. The zero-order valence-electron chi connectivity index (χ0n) is 11.5. The Bertz CT molecular complexity index is 649. The molecule has 1 atom stereocenters. The molecule has 1 unspecified atom stereocenters. The van der Waals surface area contributed by atoms with E-state index >= 15 is 0 Å². The number of halogens is 2. The molecule has 1 saturated heterocycles. The molecule has 0 radical (unpaired) electrons. The molecule has 21 heavy (non-hydrogen) atoms. The molecule has 1 aliphatic heterocycles. The SMILES string of the molecule is CN(C(=O)CNc1ccc(Cl)c(Cl)c1)C1CCS(=O)(=O)C1. The third-order valence-electron chi connectivity index (χ3n) is 3.51. The lowest BCUT2D eigenvalue weighted by molar-refractivity contribution is -0.129. The average Bonchev–Trinajstić information content (AvgIpc) is 2.79. The maximum Gasteiger partial charge on any atom is 0.241 e. The molecular formula is C13H16Cl2N2O3S. The molecule has 0 saturated carbocycles. The minimum atomic E-state index is -3.00. The van der Waals surface area contributed by atoms with Crippen LogP contribution in [-0.4, -0.2) is 50.4 Å². The van der Waals surface area contributed by atoms with Crippen LogP contribution in [0.3, 0.4) is 0 Å². The predicted octanol–water partition coefficient (Wildman–Crippen LogP) is 2.05. The summed E-state index contributed by atoms with van der Waals surface area (Å²) >= 11 is 11.7. The summed E-state index contributed by atoms with van der Waals surface area (Å²) in [6, 6.07) is 4.76. The Labute approximate surface area is 134 Å². The number of nitrogens with zero attached hydrogens (tertiary/aromatic N) is 1.